The summed E-state index contributed by atoms with van der Waals surface area (Å²) in [6.45, 7) is 5.09. The first-order valence-electron chi connectivity index (χ1n) is 5.85. The molecule has 0 saturated carbocycles. The van der Waals surface area contributed by atoms with E-state index < -0.39 is 17.2 Å². The average molecular weight is 258 g/mol. The molecule has 0 amide bonds. The van der Waals surface area contributed by atoms with Gasteiger partial charge in [-0.3, -0.25) is 9.59 Å². The summed E-state index contributed by atoms with van der Waals surface area (Å²) in [6, 6.07) is 5.37. The lowest BCUT2D eigenvalue weighted by atomic mass is 10.0. The minimum absolute atomic E-state index is 0.319. The Morgan fingerprint density at radius 1 is 1.05 bits per heavy atom. The SMILES string of the molecule is Cc1cccc(C)c1C(=O)n1c(=O)[nH]cc(C)c1=O. The maximum atomic E-state index is 12.4. The largest absolute Gasteiger partial charge is 0.335 e. The first-order valence-corrected chi connectivity index (χ1v) is 5.85. The van der Waals surface area contributed by atoms with Crippen molar-refractivity contribution in [3.8, 4) is 0 Å². The van der Waals surface area contributed by atoms with Crippen LogP contribution in [0.1, 0.15) is 27.0 Å². The second-order valence-electron chi connectivity index (χ2n) is 4.49. The Balaban J connectivity index is 2.74. The molecule has 19 heavy (non-hydrogen) atoms. The summed E-state index contributed by atoms with van der Waals surface area (Å²) < 4.78 is 0.644. The molecule has 5 nitrogen and oxygen atoms in total. The predicted octanol–water partition coefficient (Wildman–Crippen LogP) is 1.15. The van der Waals surface area contributed by atoms with Crippen LogP contribution in [0.4, 0.5) is 0 Å². The molecule has 0 unspecified atom stereocenters. The molecule has 0 spiro atoms. The summed E-state index contributed by atoms with van der Waals surface area (Å²) in [7, 11) is 0. The molecule has 0 aliphatic carbocycles. The van der Waals surface area contributed by atoms with Crippen molar-refractivity contribution >= 4 is 5.91 Å². The monoisotopic (exact) mass is 258 g/mol. The number of nitrogens with one attached hydrogen (secondary N) is 1. The maximum Gasteiger partial charge on any atom is 0.335 e. The van der Waals surface area contributed by atoms with Gasteiger partial charge in [-0.15, -0.1) is 0 Å². The van der Waals surface area contributed by atoms with Crippen LogP contribution in [0, 0.1) is 20.8 Å². The lowest BCUT2D eigenvalue weighted by Crippen LogP contribution is -2.41. The van der Waals surface area contributed by atoms with E-state index in [1.807, 2.05) is 6.07 Å². The van der Waals surface area contributed by atoms with Gasteiger partial charge in [0.2, 0.25) is 0 Å². The fraction of sp³-hybridized carbons (Fsp3) is 0.214. The fourth-order valence-electron chi connectivity index (χ4n) is 2.01. The number of aromatic nitrogens is 2. The van der Waals surface area contributed by atoms with Crippen LogP contribution >= 0.6 is 0 Å². The Kier molecular flexibility index (Phi) is 3.21. The van der Waals surface area contributed by atoms with Crippen LogP contribution in [0.5, 0.6) is 0 Å². The molecule has 1 aromatic heterocycles. The third-order valence-electron chi connectivity index (χ3n) is 3.05. The molecule has 2 aromatic rings. The van der Waals surface area contributed by atoms with Crippen LogP contribution in [-0.2, 0) is 0 Å². The van der Waals surface area contributed by atoms with Gasteiger partial charge in [0, 0.05) is 17.3 Å². The number of rotatable bonds is 1. The van der Waals surface area contributed by atoms with Gasteiger partial charge in [0.1, 0.15) is 0 Å². The number of hydrogen-bond donors (Lipinski definition) is 1. The van der Waals surface area contributed by atoms with Crippen LogP contribution in [0.25, 0.3) is 0 Å². The minimum atomic E-state index is -0.719. The molecule has 2 rings (SSSR count). The first-order chi connectivity index (χ1) is 8.93. The summed E-state index contributed by atoms with van der Waals surface area (Å²) in [4.78, 5) is 38.5. The summed E-state index contributed by atoms with van der Waals surface area (Å²) in [5, 5.41) is 0. The van der Waals surface area contributed by atoms with Gasteiger partial charge in [-0.05, 0) is 31.9 Å². The van der Waals surface area contributed by atoms with E-state index >= 15 is 0 Å². The van der Waals surface area contributed by atoms with Gasteiger partial charge in [0.15, 0.2) is 0 Å². The molecule has 0 aliphatic rings. The van der Waals surface area contributed by atoms with E-state index in [2.05, 4.69) is 4.98 Å². The number of H-pyrrole nitrogens is 1. The zero-order valence-corrected chi connectivity index (χ0v) is 11.0. The number of hydrogen-bond acceptors (Lipinski definition) is 3. The number of aryl methyl sites for hydroxylation is 3. The number of carbonyl (C=O) groups is 1. The van der Waals surface area contributed by atoms with Crippen LogP contribution in [0.15, 0.2) is 34.0 Å². The molecule has 0 fully saturated rings. The van der Waals surface area contributed by atoms with E-state index in [1.165, 1.54) is 6.20 Å². The van der Waals surface area contributed by atoms with Crippen molar-refractivity contribution in [2.45, 2.75) is 20.8 Å². The lowest BCUT2D eigenvalue weighted by Gasteiger charge is -2.09. The molecule has 5 heteroatoms. The molecular formula is C14H14N2O3. The summed E-state index contributed by atoms with van der Waals surface area (Å²) in [5.74, 6) is -0.592. The smallest absolute Gasteiger partial charge is 0.313 e. The minimum Gasteiger partial charge on any atom is -0.313 e. The van der Waals surface area contributed by atoms with Gasteiger partial charge in [-0.1, -0.05) is 18.2 Å². The Hall–Kier alpha value is -2.43. The van der Waals surface area contributed by atoms with Crippen LogP contribution in [0.2, 0.25) is 0 Å². The van der Waals surface area contributed by atoms with Crippen molar-refractivity contribution in [1.29, 1.82) is 0 Å². The van der Waals surface area contributed by atoms with E-state index in [-0.39, 0.29) is 0 Å². The predicted molar refractivity (Wildman–Crippen MR) is 71.7 cm³/mol. The zero-order chi connectivity index (χ0) is 14.2. The third-order valence-corrected chi connectivity index (χ3v) is 3.05. The molecule has 0 saturated heterocycles. The van der Waals surface area contributed by atoms with E-state index in [0.717, 1.165) is 11.1 Å². The number of carbonyl (C=O) groups excluding carboxylic acids is 1. The van der Waals surface area contributed by atoms with Gasteiger partial charge in [-0.2, -0.15) is 4.57 Å². The first kappa shape index (κ1) is 13.0. The molecule has 1 heterocycles. The van der Waals surface area contributed by atoms with Gasteiger partial charge in [-0.25, -0.2) is 4.79 Å². The molecule has 1 N–H and O–H groups in total. The van der Waals surface area contributed by atoms with Gasteiger partial charge in [0.05, 0.1) is 0 Å². The molecular weight excluding hydrogens is 244 g/mol. The van der Waals surface area contributed by atoms with Gasteiger partial charge in [0.25, 0.3) is 11.5 Å². The molecule has 0 bridgehead atoms. The fourth-order valence-corrected chi connectivity index (χ4v) is 2.01. The average Bonchev–Trinajstić information content (AvgIpc) is 2.34. The van der Waals surface area contributed by atoms with Crippen LogP contribution in [-0.4, -0.2) is 15.5 Å². The van der Waals surface area contributed by atoms with E-state index in [1.54, 1.807) is 32.9 Å². The standard InChI is InChI=1S/C14H14N2O3/c1-8-5-4-6-9(2)11(8)13(18)16-12(17)10(3)7-15-14(16)19/h4-7H,1-3H3,(H,15,19). The molecule has 1 aromatic carbocycles. The second-order valence-corrected chi connectivity index (χ2v) is 4.49. The van der Waals surface area contributed by atoms with Gasteiger partial charge < -0.3 is 4.98 Å². The molecule has 98 valence electrons. The number of aromatic amines is 1. The van der Waals surface area contributed by atoms with Gasteiger partial charge >= 0.3 is 5.69 Å². The summed E-state index contributed by atoms with van der Waals surface area (Å²) >= 11 is 0. The van der Waals surface area contributed by atoms with Crippen molar-refractivity contribution < 1.29 is 4.79 Å². The quantitative estimate of drug-likeness (QED) is 0.834. The number of nitrogens with zero attached hydrogens (tertiary/aromatic N) is 1. The highest BCUT2D eigenvalue weighted by molar-refractivity contribution is 5.98. The molecule has 0 radical (unpaired) electrons. The van der Waals surface area contributed by atoms with E-state index in [9.17, 15) is 14.4 Å². The lowest BCUT2D eigenvalue weighted by molar-refractivity contribution is 0.0949. The maximum absolute atomic E-state index is 12.4. The van der Waals surface area contributed by atoms with Crippen molar-refractivity contribution in [3.63, 3.8) is 0 Å². The molecule has 0 aliphatic heterocycles. The summed E-state index contributed by atoms with van der Waals surface area (Å²) in [6.07, 6.45) is 1.30. The zero-order valence-electron chi connectivity index (χ0n) is 11.0. The summed E-state index contributed by atoms with van der Waals surface area (Å²) in [5.41, 5.74) is 0.871. The van der Waals surface area contributed by atoms with Crippen molar-refractivity contribution in [3.05, 3.63) is 67.5 Å². The highest BCUT2D eigenvalue weighted by Crippen LogP contribution is 2.13. The normalized spacial score (nSPS) is 10.5. The van der Waals surface area contributed by atoms with Crippen LogP contribution < -0.4 is 11.2 Å². The van der Waals surface area contributed by atoms with Crippen LogP contribution in [0.3, 0.4) is 0 Å². The Bertz CT molecular complexity index is 749. The third kappa shape index (κ3) is 2.14. The highest BCUT2D eigenvalue weighted by atomic mass is 16.2. The Morgan fingerprint density at radius 2 is 1.63 bits per heavy atom. The Morgan fingerprint density at radius 3 is 2.21 bits per heavy atom. The second kappa shape index (κ2) is 4.68. The van der Waals surface area contributed by atoms with E-state index in [0.29, 0.717) is 15.7 Å². The van der Waals surface area contributed by atoms with Crippen molar-refractivity contribution in [2.24, 2.45) is 0 Å². The van der Waals surface area contributed by atoms with E-state index in [4.69, 9.17) is 0 Å². The molecule has 0 atom stereocenters. The number of benzene rings is 1. The Labute approximate surface area is 109 Å². The highest BCUT2D eigenvalue weighted by Gasteiger charge is 2.18. The van der Waals surface area contributed by atoms with Crippen molar-refractivity contribution in [1.82, 2.24) is 9.55 Å². The topological polar surface area (TPSA) is 71.9 Å². The van der Waals surface area contributed by atoms with Crippen molar-refractivity contribution in [2.75, 3.05) is 0 Å².